The number of hydrogen-bond acceptors (Lipinski definition) is 2. The number of amides is 1. The molecule has 1 amide bonds. The fourth-order valence-electron chi connectivity index (χ4n) is 2.74. The maximum atomic E-state index is 12.3. The first-order valence-electron chi connectivity index (χ1n) is 7.39. The Hall–Kier alpha value is -1.50. The van der Waals surface area contributed by atoms with Gasteiger partial charge in [-0.3, -0.25) is 4.79 Å². The highest BCUT2D eigenvalue weighted by Crippen LogP contribution is 2.24. The predicted molar refractivity (Wildman–Crippen MR) is 86.3 cm³/mol. The zero-order chi connectivity index (χ0) is 15.2. The molecule has 0 bridgehead atoms. The maximum Gasteiger partial charge on any atom is 0.251 e. The first kappa shape index (κ1) is 15.9. The number of benzene rings is 1. The van der Waals surface area contributed by atoms with Crippen molar-refractivity contribution < 1.29 is 4.79 Å². The molecule has 1 aliphatic carbocycles. The molecule has 2 atom stereocenters. The van der Waals surface area contributed by atoms with Gasteiger partial charge in [0.15, 0.2) is 0 Å². The first-order valence-corrected chi connectivity index (χ1v) is 7.77. The summed E-state index contributed by atoms with van der Waals surface area (Å²) < 4.78 is 0. The Kier molecular flexibility index (Phi) is 5.67. The minimum Gasteiger partial charge on any atom is -0.349 e. The molecule has 0 aliphatic heterocycles. The summed E-state index contributed by atoms with van der Waals surface area (Å²) in [4.78, 5) is 12.3. The molecule has 2 unspecified atom stereocenters. The van der Waals surface area contributed by atoms with Crippen molar-refractivity contribution in [3.63, 3.8) is 0 Å². The number of nitrogens with two attached hydrogens (primary N) is 1. The summed E-state index contributed by atoms with van der Waals surface area (Å²) in [5, 5.41) is 3.59. The zero-order valence-electron chi connectivity index (χ0n) is 12.3. The second-order valence-corrected chi connectivity index (χ2v) is 6.05. The van der Waals surface area contributed by atoms with Crippen molar-refractivity contribution in [1.29, 1.82) is 0 Å². The Morgan fingerprint density at radius 2 is 2.29 bits per heavy atom. The van der Waals surface area contributed by atoms with Crippen LogP contribution in [0.3, 0.4) is 0 Å². The van der Waals surface area contributed by atoms with Crippen molar-refractivity contribution >= 4 is 17.5 Å². The SMILES string of the molecule is CC1CCCC(NC(=O)c2ccc(C#CCN)c(Cl)c2)C1. The van der Waals surface area contributed by atoms with Crippen molar-refractivity contribution in [2.24, 2.45) is 11.7 Å². The van der Waals surface area contributed by atoms with Gasteiger partial charge in [0, 0.05) is 17.2 Å². The van der Waals surface area contributed by atoms with E-state index in [1.165, 1.54) is 12.8 Å². The van der Waals surface area contributed by atoms with E-state index < -0.39 is 0 Å². The van der Waals surface area contributed by atoms with Gasteiger partial charge in [-0.2, -0.15) is 0 Å². The summed E-state index contributed by atoms with van der Waals surface area (Å²) in [5.41, 5.74) is 6.62. The quantitative estimate of drug-likeness (QED) is 0.825. The Bertz CT molecular complexity index is 574. The Labute approximate surface area is 131 Å². The average Bonchev–Trinajstić information content (AvgIpc) is 2.46. The summed E-state index contributed by atoms with van der Waals surface area (Å²) in [5.74, 6) is 6.27. The first-order chi connectivity index (χ1) is 10.1. The molecule has 2 rings (SSSR count). The largest absolute Gasteiger partial charge is 0.349 e. The van der Waals surface area contributed by atoms with Crippen LogP contribution in [0.15, 0.2) is 18.2 Å². The Morgan fingerprint density at radius 1 is 1.48 bits per heavy atom. The molecule has 0 heterocycles. The van der Waals surface area contributed by atoms with Crippen LogP contribution in [0.5, 0.6) is 0 Å². The Morgan fingerprint density at radius 3 is 2.95 bits per heavy atom. The van der Waals surface area contributed by atoms with Crippen molar-refractivity contribution in [3.8, 4) is 11.8 Å². The topological polar surface area (TPSA) is 55.1 Å². The van der Waals surface area contributed by atoms with E-state index in [0.717, 1.165) is 12.8 Å². The van der Waals surface area contributed by atoms with Crippen molar-refractivity contribution in [2.45, 2.75) is 38.6 Å². The number of hydrogen-bond donors (Lipinski definition) is 2. The van der Waals surface area contributed by atoms with Crippen LogP contribution < -0.4 is 11.1 Å². The number of halogens is 1. The second kappa shape index (κ2) is 7.49. The average molecular weight is 305 g/mol. The van der Waals surface area contributed by atoms with Gasteiger partial charge in [0.25, 0.3) is 5.91 Å². The van der Waals surface area contributed by atoms with Crippen LogP contribution in [0, 0.1) is 17.8 Å². The lowest BCUT2D eigenvalue weighted by Crippen LogP contribution is -2.37. The number of rotatable bonds is 2. The molecule has 112 valence electrons. The van der Waals surface area contributed by atoms with E-state index in [9.17, 15) is 4.79 Å². The van der Waals surface area contributed by atoms with E-state index in [0.29, 0.717) is 28.6 Å². The molecule has 0 saturated heterocycles. The van der Waals surface area contributed by atoms with Crippen LogP contribution in [0.2, 0.25) is 5.02 Å². The van der Waals surface area contributed by atoms with E-state index in [4.69, 9.17) is 17.3 Å². The maximum absolute atomic E-state index is 12.3. The van der Waals surface area contributed by atoms with Gasteiger partial charge in [-0.05, 0) is 37.0 Å². The second-order valence-electron chi connectivity index (χ2n) is 5.64. The molecule has 21 heavy (non-hydrogen) atoms. The lowest BCUT2D eigenvalue weighted by atomic mass is 9.87. The van der Waals surface area contributed by atoms with Gasteiger partial charge < -0.3 is 11.1 Å². The number of nitrogens with one attached hydrogen (secondary N) is 1. The summed E-state index contributed by atoms with van der Waals surface area (Å²) in [6, 6.07) is 5.47. The summed E-state index contributed by atoms with van der Waals surface area (Å²) in [6.07, 6.45) is 4.55. The van der Waals surface area contributed by atoms with Crippen LogP contribution >= 0.6 is 11.6 Å². The van der Waals surface area contributed by atoms with E-state index in [-0.39, 0.29) is 11.9 Å². The van der Waals surface area contributed by atoms with Gasteiger partial charge in [0.05, 0.1) is 11.6 Å². The van der Waals surface area contributed by atoms with Gasteiger partial charge >= 0.3 is 0 Å². The Balaban J connectivity index is 2.04. The summed E-state index contributed by atoms with van der Waals surface area (Å²) >= 11 is 6.15. The molecule has 1 fully saturated rings. The summed E-state index contributed by atoms with van der Waals surface area (Å²) in [7, 11) is 0. The molecule has 1 aromatic carbocycles. The molecule has 0 aromatic heterocycles. The van der Waals surface area contributed by atoms with Crippen molar-refractivity contribution in [1.82, 2.24) is 5.32 Å². The minimum atomic E-state index is -0.0608. The molecule has 4 heteroatoms. The monoisotopic (exact) mass is 304 g/mol. The van der Waals surface area contributed by atoms with Gasteiger partial charge in [-0.15, -0.1) is 0 Å². The van der Waals surface area contributed by atoms with Crippen LogP contribution in [0.25, 0.3) is 0 Å². The zero-order valence-corrected chi connectivity index (χ0v) is 13.0. The predicted octanol–water partition coefficient (Wildman–Crippen LogP) is 2.96. The molecule has 0 radical (unpaired) electrons. The van der Waals surface area contributed by atoms with Crippen molar-refractivity contribution in [3.05, 3.63) is 34.3 Å². The third kappa shape index (κ3) is 4.49. The van der Waals surface area contributed by atoms with Crippen LogP contribution in [-0.4, -0.2) is 18.5 Å². The molecule has 1 saturated carbocycles. The summed E-state index contributed by atoms with van der Waals surface area (Å²) in [6.45, 7) is 2.53. The van der Waals surface area contributed by atoms with Gasteiger partial charge in [0.2, 0.25) is 0 Å². The molecule has 3 N–H and O–H groups in total. The van der Waals surface area contributed by atoms with E-state index in [1.54, 1.807) is 18.2 Å². The highest BCUT2D eigenvalue weighted by Gasteiger charge is 2.21. The highest BCUT2D eigenvalue weighted by molar-refractivity contribution is 6.32. The molecule has 1 aromatic rings. The van der Waals surface area contributed by atoms with E-state index >= 15 is 0 Å². The fourth-order valence-corrected chi connectivity index (χ4v) is 2.97. The minimum absolute atomic E-state index is 0.0608. The molecule has 0 spiro atoms. The number of carbonyl (C=O) groups excluding carboxylic acids is 1. The van der Waals surface area contributed by atoms with Crippen molar-refractivity contribution in [2.75, 3.05) is 6.54 Å². The van der Waals surface area contributed by atoms with Crippen LogP contribution in [0.4, 0.5) is 0 Å². The fraction of sp³-hybridized carbons (Fsp3) is 0.471. The smallest absolute Gasteiger partial charge is 0.251 e. The molecular weight excluding hydrogens is 284 g/mol. The van der Waals surface area contributed by atoms with Gasteiger partial charge in [0.1, 0.15) is 0 Å². The van der Waals surface area contributed by atoms with E-state index in [2.05, 4.69) is 24.1 Å². The lowest BCUT2D eigenvalue weighted by Gasteiger charge is -2.27. The normalized spacial score (nSPS) is 21.3. The van der Waals surface area contributed by atoms with Gasteiger partial charge in [-0.25, -0.2) is 0 Å². The van der Waals surface area contributed by atoms with Crippen LogP contribution in [0.1, 0.15) is 48.5 Å². The van der Waals surface area contributed by atoms with Gasteiger partial charge in [-0.1, -0.05) is 43.2 Å². The standard InChI is InChI=1S/C17H21ClN2O/c1-12-4-2-6-15(10-12)20-17(21)14-8-7-13(5-3-9-19)16(18)11-14/h7-8,11-12,15H,2,4,6,9-10,19H2,1H3,(H,20,21). The number of carbonyl (C=O) groups is 1. The third-order valence-corrected chi connectivity index (χ3v) is 4.14. The molecule has 1 aliphatic rings. The third-order valence-electron chi connectivity index (χ3n) is 3.83. The molecular formula is C17H21ClN2O. The highest BCUT2D eigenvalue weighted by atomic mass is 35.5. The van der Waals surface area contributed by atoms with Crippen LogP contribution in [-0.2, 0) is 0 Å². The molecule has 3 nitrogen and oxygen atoms in total. The lowest BCUT2D eigenvalue weighted by molar-refractivity contribution is 0.0921. The van der Waals surface area contributed by atoms with E-state index in [1.807, 2.05) is 0 Å².